The lowest BCUT2D eigenvalue weighted by atomic mass is 9.84. The summed E-state index contributed by atoms with van der Waals surface area (Å²) in [6, 6.07) is 0. The van der Waals surface area contributed by atoms with E-state index in [1.165, 1.54) is 31.3 Å². The molecule has 0 heterocycles. The molecule has 0 aliphatic heterocycles. The van der Waals surface area contributed by atoms with Crippen molar-refractivity contribution >= 4 is 0 Å². The molecule has 0 N–H and O–H groups in total. The van der Waals surface area contributed by atoms with Crippen LogP contribution < -0.4 is 0 Å². The summed E-state index contributed by atoms with van der Waals surface area (Å²) < 4.78 is 0. The van der Waals surface area contributed by atoms with Gasteiger partial charge in [0.05, 0.1) is 0 Å². The van der Waals surface area contributed by atoms with Crippen LogP contribution in [0.4, 0.5) is 0 Å². The van der Waals surface area contributed by atoms with Crippen LogP contribution in [0, 0.1) is 17.3 Å². The van der Waals surface area contributed by atoms with Crippen LogP contribution in [0.25, 0.3) is 0 Å². The minimum absolute atomic E-state index is 0.708. The predicted octanol–water partition coefficient (Wildman–Crippen LogP) is 4.73. The lowest BCUT2D eigenvalue weighted by Gasteiger charge is -2.20. The first-order chi connectivity index (χ1) is 7.06. The van der Waals surface area contributed by atoms with Gasteiger partial charge in [-0.2, -0.15) is 0 Å². The van der Waals surface area contributed by atoms with Crippen LogP contribution in [0.3, 0.4) is 0 Å². The Kier molecular flexibility index (Phi) is 2.79. The molecule has 0 amide bonds. The Labute approximate surface area is 94.5 Å². The number of hydrogen-bond donors (Lipinski definition) is 0. The highest BCUT2D eigenvalue weighted by Crippen LogP contribution is 2.67. The minimum atomic E-state index is 0.708. The Balaban J connectivity index is 1.84. The zero-order chi connectivity index (χ0) is 11.1. The summed E-state index contributed by atoms with van der Waals surface area (Å²) in [7, 11) is 0. The number of hydrogen-bond acceptors (Lipinski definition) is 0. The van der Waals surface area contributed by atoms with Crippen molar-refractivity contribution in [2.75, 3.05) is 0 Å². The summed E-state index contributed by atoms with van der Waals surface area (Å²) >= 11 is 0. The second kappa shape index (κ2) is 3.81. The fourth-order valence-corrected chi connectivity index (χ4v) is 3.31. The fourth-order valence-electron chi connectivity index (χ4n) is 3.31. The molecule has 2 aliphatic rings. The second-order valence-electron chi connectivity index (χ2n) is 5.90. The minimum Gasteiger partial charge on any atom is -0.0859 e. The van der Waals surface area contributed by atoms with E-state index in [2.05, 4.69) is 39.8 Å². The van der Waals surface area contributed by atoms with E-state index in [1.54, 1.807) is 5.57 Å². The van der Waals surface area contributed by atoms with E-state index in [0.29, 0.717) is 5.41 Å². The molecule has 0 spiro atoms. The lowest BCUT2D eigenvalue weighted by molar-refractivity contribution is 0.309. The van der Waals surface area contributed by atoms with Gasteiger partial charge in [0.25, 0.3) is 0 Å². The molecule has 0 heteroatoms. The molecule has 0 aromatic carbocycles. The van der Waals surface area contributed by atoms with Crippen molar-refractivity contribution in [1.82, 2.24) is 0 Å². The maximum Gasteiger partial charge on any atom is -0.0138 e. The Hall–Kier alpha value is -0.520. The van der Waals surface area contributed by atoms with E-state index in [1.807, 2.05) is 0 Å². The first-order valence-corrected chi connectivity index (χ1v) is 6.36. The standard InChI is InChI=1S/C15H24/c1-11(2)6-5-7-13(4)15-9-8-12(3)14(15)10-15/h6,8,13-14H,5,7,9-10H2,1-4H3/t13-,14?,15?/m0/s1. The van der Waals surface area contributed by atoms with Crippen molar-refractivity contribution in [3.05, 3.63) is 23.3 Å². The molecule has 2 aliphatic carbocycles. The van der Waals surface area contributed by atoms with Crippen LogP contribution in [-0.4, -0.2) is 0 Å². The highest BCUT2D eigenvalue weighted by atomic mass is 14.6. The van der Waals surface area contributed by atoms with Crippen LogP contribution in [-0.2, 0) is 0 Å². The van der Waals surface area contributed by atoms with Crippen molar-refractivity contribution in [1.29, 1.82) is 0 Å². The summed E-state index contributed by atoms with van der Waals surface area (Å²) in [6.45, 7) is 9.18. The van der Waals surface area contributed by atoms with Crippen LogP contribution >= 0.6 is 0 Å². The molecule has 2 rings (SSSR count). The van der Waals surface area contributed by atoms with Gasteiger partial charge in [0.1, 0.15) is 0 Å². The van der Waals surface area contributed by atoms with E-state index in [9.17, 15) is 0 Å². The SMILES string of the molecule is CC(C)=CCC[C@H](C)C12CC=C(C)C1C2. The van der Waals surface area contributed by atoms with Crippen LogP contribution in [0.5, 0.6) is 0 Å². The molecule has 0 aromatic rings. The molecule has 0 bridgehead atoms. The quantitative estimate of drug-likeness (QED) is 0.581. The lowest BCUT2D eigenvalue weighted by Crippen LogP contribution is -2.12. The molecule has 0 radical (unpaired) electrons. The number of allylic oxidation sites excluding steroid dienone is 4. The Morgan fingerprint density at radius 3 is 2.80 bits per heavy atom. The Bertz CT molecular complexity index is 304. The van der Waals surface area contributed by atoms with Crippen molar-refractivity contribution in [2.45, 2.75) is 53.4 Å². The van der Waals surface area contributed by atoms with E-state index in [-0.39, 0.29) is 0 Å². The van der Waals surface area contributed by atoms with E-state index < -0.39 is 0 Å². The van der Waals surface area contributed by atoms with Crippen molar-refractivity contribution in [3.8, 4) is 0 Å². The first-order valence-electron chi connectivity index (χ1n) is 6.36. The third-order valence-corrected chi connectivity index (χ3v) is 4.61. The molecule has 2 unspecified atom stereocenters. The average Bonchev–Trinajstić information content (AvgIpc) is 2.82. The van der Waals surface area contributed by atoms with Crippen LogP contribution in [0.2, 0.25) is 0 Å². The zero-order valence-electron chi connectivity index (χ0n) is 10.6. The van der Waals surface area contributed by atoms with E-state index in [4.69, 9.17) is 0 Å². The normalized spacial score (nSPS) is 34.4. The van der Waals surface area contributed by atoms with Crippen LogP contribution in [0.1, 0.15) is 53.4 Å². The Morgan fingerprint density at radius 2 is 2.33 bits per heavy atom. The molecule has 0 nitrogen and oxygen atoms in total. The highest BCUT2D eigenvalue weighted by Gasteiger charge is 2.59. The van der Waals surface area contributed by atoms with Gasteiger partial charge in [-0.25, -0.2) is 0 Å². The van der Waals surface area contributed by atoms with Gasteiger partial charge in [0.2, 0.25) is 0 Å². The second-order valence-corrected chi connectivity index (χ2v) is 5.90. The molecular formula is C15H24. The molecule has 84 valence electrons. The number of fused-ring (bicyclic) bond motifs is 1. The summed E-state index contributed by atoms with van der Waals surface area (Å²) in [5.74, 6) is 1.87. The summed E-state index contributed by atoms with van der Waals surface area (Å²) in [5.41, 5.74) is 3.84. The van der Waals surface area contributed by atoms with Gasteiger partial charge in [-0.05, 0) is 63.7 Å². The molecule has 1 saturated carbocycles. The first kappa shape index (κ1) is 11.0. The smallest absolute Gasteiger partial charge is 0.0138 e. The summed E-state index contributed by atoms with van der Waals surface area (Å²) in [4.78, 5) is 0. The van der Waals surface area contributed by atoms with Gasteiger partial charge >= 0.3 is 0 Å². The van der Waals surface area contributed by atoms with Gasteiger partial charge < -0.3 is 0 Å². The average molecular weight is 204 g/mol. The van der Waals surface area contributed by atoms with Gasteiger partial charge in [-0.3, -0.25) is 0 Å². The topological polar surface area (TPSA) is 0 Å². The summed E-state index contributed by atoms with van der Waals surface area (Å²) in [5, 5.41) is 0. The summed E-state index contributed by atoms with van der Waals surface area (Å²) in [6.07, 6.45) is 10.4. The predicted molar refractivity (Wildman–Crippen MR) is 66.7 cm³/mol. The monoisotopic (exact) mass is 204 g/mol. The van der Waals surface area contributed by atoms with E-state index in [0.717, 1.165) is 11.8 Å². The van der Waals surface area contributed by atoms with Gasteiger partial charge in [0.15, 0.2) is 0 Å². The zero-order valence-corrected chi connectivity index (χ0v) is 10.6. The maximum atomic E-state index is 2.48. The van der Waals surface area contributed by atoms with Crippen molar-refractivity contribution < 1.29 is 0 Å². The molecule has 15 heavy (non-hydrogen) atoms. The van der Waals surface area contributed by atoms with Crippen molar-refractivity contribution in [2.24, 2.45) is 17.3 Å². The molecule has 0 saturated heterocycles. The Morgan fingerprint density at radius 1 is 1.60 bits per heavy atom. The third-order valence-electron chi connectivity index (χ3n) is 4.61. The van der Waals surface area contributed by atoms with Gasteiger partial charge in [-0.15, -0.1) is 0 Å². The molecule has 1 fully saturated rings. The number of rotatable bonds is 4. The molecule has 3 atom stereocenters. The molecular weight excluding hydrogens is 180 g/mol. The third kappa shape index (κ3) is 1.91. The largest absolute Gasteiger partial charge is 0.0859 e. The fraction of sp³-hybridized carbons (Fsp3) is 0.733. The van der Waals surface area contributed by atoms with Gasteiger partial charge in [-0.1, -0.05) is 30.2 Å². The van der Waals surface area contributed by atoms with Crippen molar-refractivity contribution in [3.63, 3.8) is 0 Å². The highest BCUT2D eigenvalue weighted by molar-refractivity contribution is 5.29. The molecule has 0 aromatic heterocycles. The van der Waals surface area contributed by atoms with Crippen LogP contribution in [0.15, 0.2) is 23.3 Å². The van der Waals surface area contributed by atoms with Gasteiger partial charge in [0, 0.05) is 0 Å². The maximum absolute atomic E-state index is 2.48. The van der Waals surface area contributed by atoms with E-state index >= 15 is 0 Å².